The Morgan fingerprint density at radius 2 is 1.84 bits per heavy atom. The lowest BCUT2D eigenvalue weighted by Crippen LogP contribution is -2.48. The number of unbranched alkanes of at least 4 members (excludes halogenated alkanes) is 1. The number of benzene rings is 1. The molecule has 1 aromatic carbocycles. The van der Waals surface area contributed by atoms with Crippen molar-refractivity contribution >= 4 is 15.9 Å². The zero-order valence-electron chi connectivity index (χ0n) is 15.4. The molecule has 1 aromatic rings. The number of likely N-dealkylation sites (N-methyl/N-ethyl adjacent to an activating group) is 1. The summed E-state index contributed by atoms with van der Waals surface area (Å²) in [5.74, 6) is -0.0935. The average Bonchev–Trinajstić information content (AvgIpc) is 2.65. The van der Waals surface area contributed by atoms with E-state index >= 15 is 0 Å². The van der Waals surface area contributed by atoms with Crippen molar-refractivity contribution in [3.63, 3.8) is 0 Å². The van der Waals surface area contributed by atoms with Crippen LogP contribution in [0.4, 0.5) is 0 Å². The van der Waals surface area contributed by atoms with Crippen molar-refractivity contribution in [3.8, 4) is 0 Å². The smallest absolute Gasteiger partial charge is 0.253 e. The fraction of sp³-hybridized carbons (Fsp3) is 0.611. The second-order valence-corrected chi connectivity index (χ2v) is 8.48. The molecule has 1 aliphatic heterocycles. The highest BCUT2D eigenvalue weighted by Crippen LogP contribution is 2.18. The molecule has 0 unspecified atom stereocenters. The second-order valence-electron chi connectivity index (χ2n) is 6.43. The van der Waals surface area contributed by atoms with Crippen LogP contribution < -0.4 is 0 Å². The Morgan fingerprint density at radius 1 is 1.16 bits per heavy atom. The highest BCUT2D eigenvalue weighted by molar-refractivity contribution is 7.89. The van der Waals surface area contributed by atoms with E-state index < -0.39 is 10.0 Å². The quantitative estimate of drug-likeness (QED) is 0.738. The Morgan fingerprint density at radius 3 is 2.44 bits per heavy atom. The molecule has 140 valence electrons. The van der Waals surface area contributed by atoms with Crippen LogP contribution in [-0.2, 0) is 10.0 Å². The van der Waals surface area contributed by atoms with Crippen molar-refractivity contribution in [1.29, 1.82) is 0 Å². The second kappa shape index (κ2) is 8.78. The maximum atomic E-state index is 12.7. The molecule has 1 fully saturated rings. The molecule has 1 heterocycles. The molecule has 1 amide bonds. The minimum atomic E-state index is -3.56. The van der Waals surface area contributed by atoms with Gasteiger partial charge in [-0.25, -0.2) is 12.7 Å². The maximum Gasteiger partial charge on any atom is 0.253 e. The average molecular weight is 368 g/mol. The lowest BCUT2D eigenvalue weighted by molar-refractivity contribution is 0.0643. The summed E-state index contributed by atoms with van der Waals surface area (Å²) in [6.07, 6.45) is 1.75. The maximum absolute atomic E-state index is 12.7. The van der Waals surface area contributed by atoms with Gasteiger partial charge >= 0.3 is 0 Å². The van der Waals surface area contributed by atoms with Crippen molar-refractivity contribution in [2.45, 2.75) is 31.6 Å². The highest BCUT2D eigenvalue weighted by atomic mass is 32.2. The number of carbonyl (C=O) groups is 1. The molecular weight excluding hydrogens is 338 g/mol. The number of sulfonamides is 1. The molecule has 0 aromatic heterocycles. The van der Waals surface area contributed by atoms with Gasteiger partial charge in [-0.1, -0.05) is 26.3 Å². The summed E-state index contributed by atoms with van der Waals surface area (Å²) in [5.41, 5.74) is 0.440. The number of piperazine rings is 1. The molecule has 0 atom stereocenters. The van der Waals surface area contributed by atoms with Crippen LogP contribution in [0, 0.1) is 0 Å². The molecule has 6 nitrogen and oxygen atoms in total. The van der Waals surface area contributed by atoms with Crippen LogP contribution in [0.1, 0.15) is 37.0 Å². The van der Waals surface area contributed by atoms with Gasteiger partial charge in [0, 0.05) is 45.3 Å². The summed E-state index contributed by atoms with van der Waals surface area (Å²) in [7, 11) is -1.97. The normalized spacial score (nSPS) is 16.4. The van der Waals surface area contributed by atoms with E-state index in [-0.39, 0.29) is 10.8 Å². The third kappa shape index (κ3) is 4.80. The third-order valence-corrected chi connectivity index (χ3v) is 6.58. The first-order chi connectivity index (χ1) is 11.9. The van der Waals surface area contributed by atoms with Crippen molar-refractivity contribution < 1.29 is 13.2 Å². The minimum Gasteiger partial charge on any atom is -0.336 e. The molecule has 7 heteroatoms. The number of hydrogen-bond acceptors (Lipinski definition) is 4. The first-order valence-electron chi connectivity index (χ1n) is 8.98. The third-order valence-electron chi connectivity index (χ3n) is 4.72. The number of amides is 1. The molecule has 1 aliphatic rings. The predicted molar refractivity (Wildman–Crippen MR) is 99.2 cm³/mol. The number of rotatable bonds is 7. The number of hydrogen-bond donors (Lipinski definition) is 0. The minimum absolute atomic E-state index is 0.0935. The van der Waals surface area contributed by atoms with Crippen LogP contribution in [-0.4, -0.2) is 74.7 Å². The Hall–Kier alpha value is -1.44. The van der Waals surface area contributed by atoms with Crippen molar-refractivity contribution in [2.75, 3.05) is 46.3 Å². The molecular formula is C18H29N3O3S. The fourth-order valence-electron chi connectivity index (χ4n) is 2.92. The van der Waals surface area contributed by atoms with Gasteiger partial charge in [-0.2, -0.15) is 0 Å². The SMILES string of the molecule is CCCCN(C)S(=O)(=O)c1cccc(C(=O)N2CCN(CC)CC2)c1. The first kappa shape index (κ1) is 19.9. The first-order valence-corrected chi connectivity index (χ1v) is 10.4. The van der Waals surface area contributed by atoms with Crippen LogP contribution in [0.2, 0.25) is 0 Å². The molecule has 0 N–H and O–H groups in total. The van der Waals surface area contributed by atoms with Crippen molar-refractivity contribution in [2.24, 2.45) is 0 Å². The van der Waals surface area contributed by atoms with Crippen LogP contribution >= 0.6 is 0 Å². The van der Waals surface area contributed by atoms with Gasteiger partial charge in [0.15, 0.2) is 0 Å². The van der Waals surface area contributed by atoms with Gasteiger partial charge in [0.25, 0.3) is 5.91 Å². The van der Waals surface area contributed by atoms with Crippen LogP contribution in [0.5, 0.6) is 0 Å². The van der Waals surface area contributed by atoms with E-state index in [1.54, 1.807) is 30.1 Å². The summed E-state index contributed by atoms with van der Waals surface area (Å²) in [4.78, 5) is 17.0. The lowest BCUT2D eigenvalue weighted by atomic mass is 10.2. The topological polar surface area (TPSA) is 60.9 Å². The standard InChI is InChI=1S/C18H29N3O3S/c1-4-6-10-19(3)25(23,24)17-9-7-8-16(15-17)18(22)21-13-11-20(5-2)12-14-21/h7-9,15H,4-6,10-14H2,1-3H3. The van der Waals surface area contributed by atoms with Crippen molar-refractivity contribution in [3.05, 3.63) is 29.8 Å². The zero-order chi connectivity index (χ0) is 18.4. The molecule has 0 radical (unpaired) electrons. The van der Waals surface area contributed by atoms with Gasteiger partial charge in [0.1, 0.15) is 0 Å². The van der Waals surface area contributed by atoms with Gasteiger partial charge in [0.2, 0.25) is 10.0 Å². The zero-order valence-corrected chi connectivity index (χ0v) is 16.3. The Labute approximate surface area is 151 Å². The monoisotopic (exact) mass is 367 g/mol. The van der Waals surface area contributed by atoms with Gasteiger partial charge in [-0.15, -0.1) is 0 Å². The van der Waals surface area contributed by atoms with E-state index in [2.05, 4.69) is 11.8 Å². The van der Waals surface area contributed by atoms with Crippen LogP contribution in [0.3, 0.4) is 0 Å². The molecule has 0 bridgehead atoms. The molecule has 0 aliphatic carbocycles. The van der Waals surface area contributed by atoms with E-state index in [0.29, 0.717) is 25.2 Å². The Bertz CT molecular complexity index is 683. The highest BCUT2D eigenvalue weighted by Gasteiger charge is 2.24. The van der Waals surface area contributed by atoms with E-state index in [0.717, 1.165) is 32.5 Å². The lowest BCUT2D eigenvalue weighted by Gasteiger charge is -2.34. The van der Waals surface area contributed by atoms with Crippen LogP contribution in [0.15, 0.2) is 29.2 Å². The van der Waals surface area contributed by atoms with E-state index in [4.69, 9.17) is 0 Å². The Kier molecular flexibility index (Phi) is 6.98. The molecule has 0 spiro atoms. The van der Waals surface area contributed by atoms with Crippen LogP contribution in [0.25, 0.3) is 0 Å². The van der Waals surface area contributed by atoms with Gasteiger partial charge in [-0.3, -0.25) is 4.79 Å². The largest absolute Gasteiger partial charge is 0.336 e. The summed E-state index contributed by atoms with van der Waals surface area (Å²) >= 11 is 0. The van der Waals surface area contributed by atoms with Crippen molar-refractivity contribution in [1.82, 2.24) is 14.1 Å². The molecule has 2 rings (SSSR count). The van der Waals surface area contributed by atoms with E-state index in [1.165, 1.54) is 10.4 Å². The van der Waals surface area contributed by atoms with E-state index in [1.807, 2.05) is 6.92 Å². The van der Waals surface area contributed by atoms with E-state index in [9.17, 15) is 13.2 Å². The van der Waals surface area contributed by atoms with Gasteiger partial charge < -0.3 is 9.80 Å². The molecule has 25 heavy (non-hydrogen) atoms. The van der Waals surface area contributed by atoms with Gasteiger partial charge in [-0.05, 0) is 31.2 Å². The number of carbonyl (C=O) groups excluding carboxylic acids is 1. The predicted octanol–water partition coefficient (Wildman–Crippen LogP) is 1.88. The summed E-state index contributed by atoms with van der Waals surface area (Å²) in [6.45, 7) is 8.69. The molecule has 1 saturated heterocycles. The fourth-order valence-corrected chi connectivity index (χ4v) is 4.18. The number of nitrogens with zero attached hydrogens (tertiary/aromatic N) is 3. The van der Waals surface area contributed by atoms with Gasteiger partial charge in [0.05, 0.1) is 4.90 Å². The summed E-state index contributed by atoms with van der Waals surface area (Å²) in [6, 6.07) is 6.41. The molecule has 0 saturated carbocycles. The summed E-state index contributed by atoms with van der Waals surface area (Å²) in [5, 5.41) is 0. The summed E-state index contributed by atoms with van der Waals surface area (Å²) < 4.78 is 26.7. The Balaban J connectivity index is 2.14.